The van der Waals surface area contributed by atoms with Crippen molar-refractivity contribution in [2.75, 3.05) is 13.7 Å². The lowest BCUT2D eigenvalue weighted by Gasteiger charge is -2.27. The third-order valence-electron chi connectivity index (χ3n) is 4.13. The SMILES string of the molecule is COc1cccc2c1OC[C@H](NS(=O)(=O)c1cc(C)ccc1C)C2. The maximum Gasteiger partial charge on any atom is 0.241 e. The zero-order chi connectivity index (χ0) is 17.3. The molecular weight excluding hydrogens is 326 g/mol. The van der Waals surface area contributed by atoms with E-state index < -0.39 is 10.0 Å². The minimum Gasteiger partial charge on any atom is -0.493 e. The fourth-order valence-electron chi connectivity index (χ4n) is 2.91. The molecule has 0 saturated carbocycles. The van der Waals surface area contributed by atoms with Gasteiger partial charge in [0.05, 0.1) is 18.0 Å². The molecule has 6 heteroatoms. The minimum atomic E-state index is -3.59. The van der Waals surface area contributed by atoms with Crippen LogP contribution in [0.1, 0.15) is 16.7 Å². The molecule has 0 radical (unpaired) electrons. The van der Waals surface area contributed by atoms with Crippen molar-refractivity contribution < 1.29 is 17.9 Å². The topological polar surface area (TPSA) is 64.6 Å². The highest BCUT2D eigenvalue weighted by atomic mass is 32.2. The standard InChI is InChI=1S/C18H21NO4S/c1-12-7-8-13(2)17(9-12)24(20,21)19-15-10-14-5-4-6-16(22-3)18(14)23-11-15/h4-9,15,19H,10-11H2,1-3H3/t15-/m1/s1. The van der Waals surface area contributed by atoms with Gasteiger partial charge in [-0.2, -0.15) is 0 Å². The van der Waals surface area contributed by atoms with Crippen molar-refractivity contribution in [3.8, 4) is 11.5 Å². The molecule has 24 heavy (non-hydrogen) atoms. The Morgan fingerprint density at radius 2 is 2.00 bits per heavy atom. The third kappa shape index (κ3) is 3.25. The molecule has 1 N–H and O–H groups in total. The molecule has 2 aromatic carbocycles. The van der Waals surface area contributed by atoms with Gasteiger partial charge in [0.15, 0.2) is 11.5 Å². The number of nitrogens with one attached hydrogen (secondary N) is 1. The minimum absolute atomic E-state index is 0.275. The van der Waals surface area contributed by atoms with E-state index in [0.29, 0.717) is 22.8 Å². The van der Waals surface area contributed by atoms with Crippen molar-refractivity contribution in [2.45, 2.75) is 31.2 Å². The predicted octanol–water partition coefficient (Wildman–Crippen LogP) is 2.59. The van der Waals surface area contributed by atoms with Crippen LogP contribution in [-0.4, -0.2) is 28.2 Å². The third-order valence-corrected chi connectivity index (χ3v) is 5.79. The van der Waals surface area contributed by atoms with Gasteiger partial charge in [-0.25, -0.2) is 13.1 Å². The largest absolute Gasteiger partial charge is 0.493 e. The molecule has 0 aliphatic carbocycles. The van der Waals surface area contributed by atoms with Gasteiger partial charge in [-0.3, -0.25) is 0 Å². The van der Waals surface area contributed by atoms with E-state index in [1.54, 1.807) is 20.1 Å². The first-order valence-electron chi connectivity index (χ1n) is 7.79. The Bertz CT molecular complexity index is 861. The second-order valence-corrected chi connectivity index (χ2v) is 7.73. The monoisotopic (exact) mass is 347 g/mol. The average molecular weight is 347 g/mol. The average Bonchev–Trinajstić information content (AvgIpc) is 2.55. The molecule has 0 unspecified atom stereocenters. The summed E-state index contributed by atoms with van der Waals surface area (Å²) in [5.74, 6) is 1.37. The van der Waals surface area contributed by atoms with Crippen LogP contribution in [0.2, 0.25) is 0 Å². The van der Waals surface area contributed by atoms with E-state index in [2.05, 4.69) is 4.72 Å². The van der Waals surface area contributed by atoms with Gasteiger partial charge in [-0.05, 0) is 49.1 Å². The van der Waals surface area contributed by atoms with Crippen molar-refractivity contribution >= 4 is 10.0 Å². The van der Waals surface area contributed by atoms with Crippen LogP contribution in [0.3, 0.4) is 0 Å². The zero-order valence-electron chi connectivity index (χ0n) is 14.0. The molecule has 5 nitrogen and oxygen atoms in total. The summed E-state index contributed by atoms with van der Waals surface area (Å²) < 4.78 is 39.2. The summed E-state index contributed by atoms with van der Waals surface area (Å²) in [5.41, 5.74) is 2.58. The number of methoxy groups -OCH3 is 1. The van der Waals surface area contributed by atoms with Crippen LogP contribution in [0.5, 0.6) is 11.5 Å². The molecule has 2 aromatic rings. The molecule has 3 rings (SSSR count). The normalized spacial score (nSPS) is 17.0. The van der Waals surface area contributed by atoms with Gasteiger partial charge in [0.1, 0.15) is 6.61 Å². The first kappa shape index (κ1) is 16.8. The molecule has 0 fully saturated rings. The quantitative estimate of drug-likeness (QED) is 0.923. The van der Waals surface area contributed by atoms with Gasteiger partial charge >= 0.3 is 0 Å². The van der Waals surface area contributed by atoms with E-state index in [1.165, 1.54) is 0 Å². The van der Waals surface area contributed by atoms with E-state index in [1.807, 2.05) is 37.3 Å². The fourth-order valence-corrected chi connectivity index (χ4v) is 4.46. The van der Waals surface area contributed by atoms with Crippen molar-refractivity contribution in [1.82, 2.24) is 4.72 Å². The molecule has 1 aliphatic heterocycles. The lowest BCUT2D eigenvalue weighted by Crippen LogP contribution is -2.42. The lowest BCUT2D eigenvalue weighted by molar-refractivity contribution is 0.240. The highest BCUT2D eigenvalue weighted by Gasteiger charge is 2.27. The van der Waals surface area contributed by atoms with Crippen molar-refractivity contribution in [3.05, 3.63) is 53.1 Å². The number of sulfonamides is 1. The summed E-state index contributed by atoms with van der Waals surface area (Å²) in [5, 5.41) is 0. The summed E-state index contributed by atoms with van der Waals surface area (Å²) in [6, 6.07) is 10.7. The second kappa shape index (κ2) is 6.45. The van der Waals surface area contributed by atoms with Gasteiger partial charge in [-0.15, -0.1) is 0 Å². The van der Waals surface area contributed by atoms with Gasteiger partial charge in [0.2, 0.25) is 10.0 Å². The Labute approximate surface area is 142 Å². The molecule has 0 amide bonds. The van der Waals surface area contributed by atoms with Crippen molar-refractivity contribution in [2.24, 2.45) is 0 Å². The summed E-state index contributed by atoms with van der Waals surface area (Å²) in [4.78, 5) is 0.318. The molecular formula is C18H21NO4S. The van der Waals surface area contributed by atoms with Gasteiger partial charge < -0.3 is 9.47 Å². The van der Waals surface area contributed by atoms with Crippen LogP contribution in [0.4, 0.5) is 0 Å². The first-order chi connectivity index (χ1) is 11.4. The molecule has 0 bridgehead atoms. The van der Waals surface area contributed by atoms with E-state index in [4.69, 9.17) is 9.47 Å². The first-order valence-corrected chi connectivity index (χ1v) is 9.27. The Kier molecular flexibility index (Phi) is 4.51. The number of fused-ring (bicyclic) bond motifs is 1. The Hall–Kier alpha value is -2.05. The van der Waals surface area contributed by atoms with Crippen LogP contribution in [0.25, 0.3) is 0 Å². The number of para-hydroxylation sites is 1. The molecule has 0 aromatic heterocycles. The molecule has 128 valence electrons. The van der Waals surface area contributed by atoms with Crippen LogP contribution in [-0.2, 0) is 16.4 Å². The molecule has 0 spiro atoms. The lowest BCUT2D eigenvalue weighted by atomic mass is 10.0. The smallest absolute Gasteiger partial charge is 0.241 e. The van der Waals surface area contributed by atoms with Crippen LogP contribution in [0, 0.1) is 13.8 Å². The van der Waals surface area contributed by atoms with E-state index >= 15 is 0 Å². The Morgan fingerprint density at radius 1 is 1.21 bits per heavy atom. The number of benzene rings is 2. The van der Waals surface area contributed by atoms with Crippen LogP contribution >= 0.6 is 0 Å². The number of rotatable bonds is 4. The predicted molar refractivity (Wildman–Crippen MR) is 92.2 cm³/mol. The fraction of sp³-hybridized carbons (Fsp3) is 0.333. The summed E-state index contributed by atoms with van der Waals surface area (Å²) in [6.07, 6.45) is 0.566. The highest BCUT2D eigenvalue weighted by Crippen LogP contribution is 2.34. The maximum atomic E-state index is 12.7. The van der Waals surface area contributed by atoms with Crippen molar-refractivity contribution in [3.63, 3.8) is 0 Å². The van der Waals surface area contributed by atoms with Crippen LogP contribution in [0.15, 0.2) is 41.3 Å². The Balaban J connectivity index is 1.83. The van der Waals surface area contributed by atoms with E-state index in [9.17, 15) is 8.42 Å². The van der Waals surface area contributed by atoms with E-state index in [0.717, 1.165) is 16.7 Å². The van der Waals surface area contributed by atoms with E-state index in [-0.39, 0.29) is 12.6 Å². The number of hydrogen-bond acceptors (Lipinski definition) is 4. The molecule has 1 atom stereocenters. The zero-order valence-corrected chi connectivity index (χ0v) is 14.8. The summed E-state index contributed by atoms with van der Waals surface area (Å²) >= 11 is 0. The summed E-state index contributed by atoms with van der Waals surface area (Å²) in [7, 11) is -2.00. The van der Waals surface area contributed by atoms with Crippen molar-refractivity contribution in [1.29, 1.82) is 0 Å². The molecule has 0 saturated heterocycles. The molecule has 1 aliphatic rings. The second-order valence-electron chi connectivity index (χ2n) is 6.05. The number of hydrogen-bond donors (Lipinski definition) is 1. The Morgan fingerprint density at radius 3 is 2.75 bits per heavy atom. The van der Waals surface area contributed by atoms with Gasteiger partial charge in [-0.1, -0.05) is 24.3 Å². The summed E-state index contributed by atoms with van der Waals surface area (Å²) in [6.45, 7) is 3.95. The highest BCUT2D eigenvalue weighted by molar-refractivity contribution is 7.89. The van der Waals surface area contributed by atoms with Gasteiger partial charge in [0.25, 0.3) is 0 Å². The molecule has 1 heterocycles. The van der Waals surface area contributed by atoms with Gasteiger partial charge in [0, 0.05) is 0 Å². The maximum absolute atomic E-state index is 12.7. The number of ether oxygens (including phenoxy) is 2. The number of aryl methyl sites for hydroxylation is 2. The van der Waals surface area contributed by atoms with Crippen LogP contribution < -0.4 is 14.2 Å².